The third kappa shape index (κ3) is 2.93. The maximum atomic E-state index is 9.22. The number of ether oxygens (including phenoxy) is 2. The fourth-order valence-corrected chi connectivity index (χ4v) is 2.15. The van der Waals surface area contributed by atoms with Gasteiger partial charge in [0.25, 0.3) is 0 Å². The number of rotatable bonds is 4. The van der Waals surface area contributed by atoms with Crippen molar-refractivity contribution in [3.63, 3.8) is 0 Å². The summed E-state index contributed by atoms with van der Waals surface area (Å²) in [6, 6.07) is 9.52. The van der Waals surface area contributed by atoms with Crippen molar-refractivity contribution >= 4 is 5.69 Å². The Labute approximate surface area is 108 Å². The second-order valence-electron chi connectivity index (χ2n) is 4.54. The van der Waals surface area contributed by atoms with Crippen molar-refractivity contribution in [1.82, 2.24) is 0 Å². The van der Waals surface area contributed by atoms with Crippen molar-refractivity contribution in [1.29, 1.82) is 5.26 Å². The molecular formula is C14H18N2O2. The molecule has 4 heteroatoms. The average molecular weight is 246 g/mol. The minimum Gasteiger partial charge on any atom is -0.497 e. The van der Waals surface area contributed by atoms with E-state index in [0.29, 0.717) is 0 Å². The lowest BCUT2D eigenvalue weighted by atomic mass is 10.1. The molecule has 18 heavy (non-hydrogen) atoms. The Bertz CT molecular complexity index is 424. The molecule has 0 spiro atoms. The summed E-state index contributed by atoms with van der Waals surface area (Å²) in [4.78, 5) is 0. The van der Waals surface area contributed by atoms with Crippen molar-refractivity contribution in [2.45, 2.75) is 38.0 Å². The van der Waals surface area contributed by atoms with Crippen LogP contribution < -0.4 is 10.1 Å². The zero-order valence-electron chi connectivity index (χ0n) is 10.7. The van der Waals surface area contributed by atoms with Gasteiger partial charge in [0.05, 0.1) is 25.4 Å². The van der Waals surface area contributed by atoms with Crippen molar-refractivity contribution in [2.75, 3.05) is 12.4 Å². The van der Waals surface area contributed by atoms with Crippen LogP contribution >= 0.6 is 0 Å². The monoisotopic (exact) mass is 246 g/mol. The molecule has 0 aliphatic carbocycles. The first-order chi connectivity index (χ1) is 8.72. The van der Waals surface area contributed by atoms with Gasteiger partial charge < -0.3 is 14.8 Å². The Morgan fingerprint density at radius 3 is 2.61 bits per heavy atom. The zero-order valence-corrected chi connectivity index (χ0v) is 10.7. The van der Waals surface area contributed by atoms with Gasteiger partial charge in [0, 0.05) is 5.69 Å². The second-order valence-corrected chi connectivity index (χ2v) is 4.54. The van der Waals surface area contributed by atoms with E-state index >= 15 is 0 Å². The fraction of sp³-hybridized carbons (Fsp3) is 0.500. The highest BCUT2D eigenvalue weighted by Gasteiger charge is 2.29. The number of nitrogens with one attached hydrogen (secondary N) is 1. The maximum absolute atomic E-state index is 9.22. The molecule has 1 aliphatic heterocycles. The minimum atomic E-state index is -0.302. The highest BCUT2D eigenvalue weighted by Crippen LogP contribution is 2.24. The molecule has 1 N–H and O–H groups in total. The lowest BCUT2D eigenvalue weighted by Crippen LogP contribution is -2.32. The van der Waals surface area contributed by atoms with E-state index in [-0.39, 0.29) is 18.2 Å². The van der Waals surface area contributed by atoms with E-state index < -0.39 is 0 Å². The zero-order chi connectivity index (χ0) is 13.0. The van der Waals surface area contributed by atoms with E-state index in [4.69, 9.17) is 9.47 Å². The number of nitriles is 1. The van der Waals surface area contributed by atoms with Gasteiger partial charge in [0.1, 0.15) is 11.8 Å². The first-order valence-electron chi connectivity index (χ1n) is 6.18. The molecule has 3 unspecified atom stereocenters. The molecule has 3 atom stereocenters. The highest BCUT2D eigenvalue weighted by molar-refractivity contribution is 5.48. The molecule has 96 valence electrons. The molecule has 0 aromatic heterocycles. The molecule has 1 saturated heterocycles. The van der Waals surface area contributed by atoms with Gasteiger partial charge in [-0.05, 0) is 44.0 Å². The van der Waals surface area contributed by atoms with Crippen molar-refractivity contribution in [3.05, 3.63) is 24.3 Å². The number of benzene rings is 1. The predicted molar refractivity (Wildman–Crippen MR) is 69.6 cm³/mol. The molecular weight excluding hydrogens is 228 g/mol. The molecule has 0 saturated carbocycles. The third-order valence-corrected chi connectivity index (χ3v) is 3.19. The van der Waals surface area contributed by atoms with Gasteiger partial charge in [-0.15, -0.1) is 0 Å². The molecule has 1 aromatic carbocycles. The first-order valence-corrected chi connectivity index (χ1v) is 6.18. The van der Waals surface area contributed by atoms with E-state index in [1.165, 1.54) is 0 Å². The topological polar surface area (TPSA) is 54.3 Å². The number of hydrogen-bond acceptors (Lipinski definition) is 4. The Kier molecular flexibility index (Phi) is 4.06. The Hall–Kier alpha value is -1.73. The number of hydrogen-bond donors (Lipinski definition) is 1. The van der Waals surface area contributed by atoms with Crippen molar-refractivity contribution in [3.8, 4) is 11.8 Å². The van der Waals surface area contributed by atoms with Gasteiger partial charge >= 0.3 is 0 Å². The van der Waals surface area contributed by atoms with Crippen LogP contribution in [0.1, 0.15) is 19.8 Å². The van der Waals surface area contributed by atoms with Crippen LogP contribution in [0.15, 0.2) is 24.3 Å². The predicted octanol–water partition coefficient (Wildman–Crippen LogP) is 2.57. The molecule has 1 aromatic rings. The van der Waals surface area contributed by atoms with Gasteiger partial charge in [-0.2, -0.15) is 5.26 Å². The summed E-state index contributed by atoms with van der Waals surface area (Å²) < 4.78 is 10.8. The van der Waals surface area contributed by atoms with Crippen LogP contribution in [0, 0.1) is 11.3 Å². The molecule has 0 radical (unpaired) electrons. The summed E-state index contributed by atoms with van der Waals surface area (Å²) in [5.74, 6) is 0.805. The molecule has 4 nitrogen and oxygen atoms in total. The summed E-state index contributed by atoms with van der Waals surface area (Å²) in [5, 5.41) is 12.4. The molecule has 1 fully saturated rings. The lowest BCUT2D eigenvalue weighted by molar-refractivity contribution is 0.0534. The van der Waals surface area contributed by atoms with E-state index in [2.05, 4.69) is 11.4 Å². The van der Waals surface area contributed by atoms with Crippen molar-refractivity contribution < 1.29 is 9.47 Å². The Balaban J connectivity index is 1.99. The molecule has 2 rings (SSSR count). The van der Waals surface area contributed by atoms with Gasteiger partial charge in [0.15, 0.2) is 0 Å². The van der Waals surface area contributed by atoms with Crippen molar-refractivity contribution in [2.24, 2.45) is 0 Å². The van der Waals surface area contributed by atoms with Crippen LogP contribution in [-0.4, -0.2) is 25.4 Å². The number of nitrogens with zero attached hydrogens (tertiary/aromatic N) is 1. The molecule has 0 amide bonds. The van der Waals surface area contributed by atoms with Crippen LogP contribution in [0.5, 0.6) is 5.75 Å². The molecule has 1 aliphatic rings. The van der Waals surface area contributed by atoms with Gasteiger partial charge in [-0.25, -0.2) is 0 Å². The van der Waals surface area contributed by atoms with Crippen LogP contribution in [0.2, 0.25) is 0 Å². The van der Waals surface area contributed by atoms with Gasteiger partial charge in [-0.3, -0.25) is 0 Å². The number of anilines is 1. The summed E-state index contributed by atoms with van der Waals surface area (Å²) in [6.45, 7) is 2.04. The summed E-state index contributed by atoms with van der Waals surface area (Å²) in [5.41, 5.74) is 0.908. The van der Waals surface area contributed by atoms with E-state index in [9.17, 15) is 5.26 Å². The fourth-order valence-electron chi connectivity index (χ4n) is 2.15. The molecule has 0 bridgehead atoms. The van der Waals surface area contributed by atoms with E-state index in [1.54, 1.807) is 7.11 Å². The van der Waals surface area contributed by atoms with Gasteiger partial charge in [-0.1, -0.05) is 0 Å². The molecule has 1 heterocycles. The van der Waals surface area contributed by atoms with E-state index in [1.807, 2.05) is 31.2 Å². The Morgan fingerprint density at radius 2 is 2.11 bits per heavy atom. The normalized spacial score (nSPS) is 24.3. The van der Waals surface area contributed by atoms with Crippen LogP contribution in [0.3, 0.4) is 0 Å². The highest BCUT2D eigenvalue weighted by atomic mass is 16.5. The standard InChI is InChI=1S/C14H18N2O2/c1-10-3-8-14(18-10)13(9-15)16-11-4-6-12(17-2)7-5-11/h4-7,10,13-14,16H,3,8H2,1-2H3. The smallest absolute Gasteiger partial charge is 0.141 e. The van der Waals surface area contributed by atoms with Crippen LogP contribution in [0.25, 0.3) is 0 Å². The number of methoxy groups -OCH3 is 1. The maximum Gasteiger partial charge on any atom is 0.141 e. The largest absolute Gasteiger partial charge is 0.497 e. The minimum absolute atomic E-state index is 0.0212. The second kappa shape index (κ2) is 5.74. The average Bonchev–Trinajstić information content (AvgIpc) is 2.83. The third-order valence-electron chi connectivity index (χ3n) is 3.19. The van der Waals surface area contributed by atoms with Crippen LogP contribution in [-0.2, 0) is 4.74 Å². The summed E-state index contributed by atoms with van der Waals surface area (Å²) in [7, 11) is 1.63. The lowest BCUT2D eigenvalue weighted by Gasteiger charge is -2.19. The van der Waals surface area contributed by atoms with Gasteiger partial charge in [0.2, 0.25) is 0 Å². The van der Waals surface area contributed by atoms with Crippen LogP contribution in [0.4, 0.5) is 5.69 Å². The SMILES string of the molecule is COc1ccc(NC(C#N)C2CCC(C)O2)cc1. The van der Waals surface area contributed by atoms with E-state index in [0.717, 1.165) is 24.3 Å². The summed E-state index contributed by atoms with van der Waals surface area (Å²) >= 11 is 0. The quantitative estimate of drug-likeness (QED) is 0.887. The summed E-state index contributed by atoms with van der Waals surface area (Å²) in [6.07, 6.45) is 2.19. The Morgan fingerprint density at radius 1 is 1.39 bits per heavy atom. The first kappa shape index (κ1) is 12.7.